The second-order valence-electron chi connectivity index (χ2n) is 4.34. The van der Waals surface area contributed by atoms with Gasteiger partial charge in [-0.2, -0.15) is 0 Å². The lowest BCUT2D eigenvalue weighted by atomic mass is 10.2. The molecule has 1 N–H and O–H groups in total. The zero-order valence-electron chi connectivity index (χ0n) is 11.3. The minimum absolute atomic E-state index is 0.00267. The van der Waals surface area contributed by atoms with Crippen molar-refractivity contribution in [2.45, 2.75) is 20.4 Å². The summed E-state index contributed by atoms with van der Waals surface area (Å²) in [5.41, 5.74) is 1.13. The van der Waals surface area contributed by atoms with Crippen molar-refractivity contribution in [3.05, 3.63) is 50.1 Å². The average Bonchev–Trinajstić information content (AvgIpc) is 2.65. The number of ether oxygens (including phenoxy) is 1. The molecule has 0 saturated carbocycles. The highest BCUT2D eigenvalue weighted by Gasteiger charge is 2.08. The summed E-state index contributed by atoms with van der Waals surface area (Å²) in [4.78, 5) is 23.5. The molecule has 2 rings (SSSR count). The molecule has 0 fully saturated rings. The van der Waals surface area contributed by atoms with Crippen LogP contribution in [0.1, 0.15) is 20.9 Å². The molecule has 6 heteroatoms. The molecule has 1 aromatic carbocycles. The molecule has 0 unspecified atom stereocenters. The molecule has 0 saturated heterocycles. The van der Waals surface area contributed by atoms with Crippen LogP contribution in [-0.4, -0.2) is 22.2 Å². The summed E-state index contributed by atoms with van der Waals surface area (Å²) in [6, 6.07) is 6.30. The lowest BCUT2D eigenvalue weighted by molar-refractivity contribution is 0.0696. The number of nitrogens with zero attached hydrogens (tertiary/aromatic N) is 1. The van der Waals surface area contributed by atoms with Crippen LogP contribution >= 0.6 is 11.3 Å². The van der Waals surface area contributed by atoms with E-state index in [2.05, 4.69) is 0 Å². The maximum Gasteiger partial charge on any atom is 0.335 e. The fourth-order valence-corrected chi connectivity index (χ4v) is 2.68. The molecule has 0 amide bonds. The van der Waals surface area contributed by atoms with E-state index >= 15 is 0 Å². The number of carboxylic acid groups (broad SMARTS) is 1. The topological polar surface area (TPSA) is 68.5 Å². The number of thiazole rings is 1. The molecule has 0 atom stereocenters. The van der Waals surface area contributed by atoms with Gasteiger partial charge in [0.05, 0.1) is 12.1 Å². The van der Waals surface area contributed by atoms with Crippen molar-refractivity contribution in [2.24, 2.45) is 0 Å². The Morgan fingerprint density at radius 1 is 1.40 bits per heavy atom. The Morgan fingerprint density at radius 3 is 2.75 bits per heavy atom. The van der Waals surface area contributed by atoms with Crippen LogP contribution in [0.15, 0.2) is 29.1 Å². The van der Waals surface area contributed by atoms with Gasteiger partial charge in [0.15, 0.2) is 0 Å². The van der Waals surface area contributed by atoms with E-state index < -0.39 is 5.97 Å². The predicted octanol–water partition coefficient (Wildman–Crippen LogP) is 2.30. The van der Waals surface area contributed by atoms with Crippen LogP contribution < -0.4 is 9.61 Å². The molecule has 5 nitrogen and oxygen atoms in total. The van der Waals surface area contributed by atoms with E-state index in [1.165, 1.54) is 23.5 Å². The van der Waals surface area contributed by atoms with Gasteiger partial charge >= 0.3 is 10.8 Å². The second kappa shape index (κ2) is 5.92. The molecular weight excluding hydrogens is 278 g/mol. The Morgan fingerprint density at radius 2 is 2.15 bits per heavy atom. The van der Waals surface area contributed by atoms with Crippen LogP contribution in [0.2, 0.25) is 0 Å². The molecule has 2 aromatic rings. The summed E-state index contributed by atoms with van der Waals surface area (Å²) in [7, 11) is 0. The number of rotatable bonds is 5. The summed E-state index contributed by atoms with van der Waals surface area (Å²) in [6.45, 7) is 4.58. The third-order valence-electron chi connectivity index (χ3n) is 3.04. The van der Waals surface area contributed by atoms with Crippen molar-refractivity contribution in [3.63, 3.8) is 0 Å². The summed E-state index contributed by atoms with van der Waals surface area (Å²) in [5, 5.41) is 8.89. The number of benzene rings is 1. The Bertz CT molecular complexity index is 687. The SMILES string of the molecule is Cc1sc(=O)n(CCOc2cccc(C(=O)O)c2)c1C. The zero-order chi connectivity index (χ0) is 14.7. The maximum atomic E-state index is 11.7. The van der Waals surface area contributed by atoms with Crippen molar-refractivity contribution < 1.29 is 14.6 Å². The van der Waals surface area contributed by atoms with Gasteiger partial charge in [-0.1, -0.05) is 17.4 Å². The normalized spacial score (nSPS) is 10.5. The molecule has 0 spiro atoms. The molecule has 0 aliphatic carbocycles. The molecule has 0 bridgehead atoms. The summed E-state index contributed by atoms with van der Waals surface area (Å²) in [6.07, 6.45) is 0. The lowest BCUT2D eigenvalue weighted by Crippen LogP contribution is -2.19. The molecular formula is C14H15NO4S. The number of hydrogen-bond donors (Lipinski definition) is 1. The first-order valence-electron chi connectivity index (χ1n) is 6.12. The third kappa shape index (κ3) is 3.08. The van der Waals surface area contributed by atoms with Gasteiger partial charge < -0.3 is 9.84 Å². The second-order valence-corrected chi connectivity index (χ2v) is 5.51. The minimum atomic E-state index is -0.990. The third-order valence-corrected chi connectivity index (χ3v) is 4.04. The smallest absolute Gasteiger partial charge is 0.335 e. The number of carbonyl (C=O) groups is 1. The van der Waals surface area contributed by atoms with E-state index in [1.54, 1.807) is 16.7 Å². The van der Waals surface area contributed by atoms with Gasteiger partial charge in [0.1, 0.15) is 12.4 Å². The van der Waals surface area contributed by atoms with Crippen LogP contribution in [0.5, 0.6) is 5.75 Å². The highest BCUT2D eigenvalue weighted by atomic mass is 32.1. The van der Waals surface area contributed by atoms with E-state index in [9.17, 15) is 9.59 Å². The summed E-state index contributed by atoms with van der Waals surface area (Å²) >= 11 is 1.22. The van der Waals surface area contributed by atoms with Crippen molar-refractivity contribution in [3.8, 4) is 5.75 Å². The molecule has 1 aromatic heterocycles. The number of aryl methyl sites for hydroxylation is 1. The summed E-state index contributed by atoms with van der Waals surface area (Å²) in [5.74, 6) is -0.501. The maximum absolute atomic E-state index is 11.7. The minimum Gasteiger partial charge on any atom is -0.492 e. The van der Waals surface area contributed by atoms with Crippen molar-refractivity contribution in [2.75, 3.05) is 6.61 Å². The first kappa shape index (κ1) is 14.3. The first-order valence-corrected chi connectivity index (χ1v) is 6.93. The average molecular weight is 293 g/mol. The Hall–Kier alpha value is -2.08. The van der Waals surface area contributed by atoms with E-state index in [0.29, 0.717) is 18.9 Å². The van der Waals surface area contributed by atoms with Gasteiger partial charge in [0.2, 0.25) is 0 Å². The molecule has 20 heavy (non-hydrogen) atoms. The van der Waals surface area contributed by atoms with E-state index in [4.69, 9.17) is 9.84 Å². The van der Waals surface area contributed by atoms with Crippen LogP contribution in [0.3, 0.4) is 0 Å². The van der Waals surface area contributed by atoms with Crippen LogP contribution in [0, 0.1) is 13.8 Å². The molecule has 0 aliphatic rings. The number of aromatic carboxylic acids is 1. The van der Waals surface area contributed by atoms with Gasteiger partial charge in [0.25, 0.3) is 0 Å². The first-order chi connectivity index (χ1) is 9.49. The Labute approximate surface area is 120 Å². The summed E-state index contributed by atoms with van der Waals surface area (Å²) < 4.78 is 7.17. The molecule has 0 radical (unpaired) electrons. The predicted molar refractivity (Wildman–Crippen MR) is 76.9 cm³/mol. The van der Waals surface area contributed by atoms with Crippen molar-refractivity contribution in [1.82, 2.24) is 4.57 Å². The number of hydrogen-bond acceptors (Lipinski definition) is 4. The van der Waals surface area contributed by atoms with Crippen LogP contribution in [0.4, 0.5) is 0 Å². The molecule has 0 aliphatic heterocycles. The number of aromatic nitrogens is 1. The molecule has 106 valence electrons. The van der Waals surface area contributed by atoms with Crippen molar-refractivity contribution >= 4 is 17.3 Å². The molecule has 1 heterocycles. The van der Waals surface area contributed by atoms with Gasteiger partial charge in [0, 0.05) is 10.6 Å². The van der Waals surface area contributed by atoms with Crippen molar-refractivity contribution in [1.29, 1.82) is 0 Å². The van der Waals surface area contributed by atoms with Gasteiger partial charge in [-0.15, -0.1) is 0 Å². The standard InChI is InChI=1S/C14H15NO4S/c1-9-10(2)20-14(18)15(9)6-7-19-12-5-3-4-11(8-12)13(16)17/h3-5,8H,6-7H2,1-2H3,(H,16,17). The monoisotopic (exact) mass is 293 g/mol. The van der Waals surface area contributed by atoms with Crippen LogP contribution in [-0.2, 0) is 6.54 Å². The van der Waals surface area contributed by atoms with Crippen LogP contribution in [0.25, 0.3) is 0 Å². The zero-order valence-corrected chi connectivity index (χ0v) is 12.1. The van der Waals surface area contributed by atoms with E-state index in [-0.39, 0.29) is 10.4 Å². The Kier molecular flexibility index (Phi) is 4.24. The highest BCUT2D eigenvalue weighted by Crippen LogP contribution is 2.14. The van der Waals surface area contributed by atoms with Gasteiger partial charge in [-0.3, -0.25) is 9.36 Å². The highest BCUT2D eigenvalue weighted by molar-refractivity contribution is 7.09. The largest absolute Gasteiger partial charge is 0.492 e. The number of carboxylic acids is 1. The fraction of sp³-hybridized carbons (Fsp3) is 0.286. The van der Waals surface area contributed by atoms with E-state index in [0.717, 1.165) is 10.6 Å². The quantitative estimate of drug-likeness (QED) is 0.918. The van der Waals surface area contributed by atoms with Gasteiger partial charge in [-0.25, -0.2) is 4.79 Å². The Balaban J connectivity index is 2.01. The lowest BCUT2D eigenvalue weighted by Gasteiger charge is -2.08. The fourth-order valence-electron chi connectivity index (χ4n) is 1.82. The van der Waals surface area contributed by atoms with E-state index in [1.807, 2.05) is 13.8 Å². The van der Waals surface area contributed by atoms with Gasteiger partial charge in [-0.05, 0) is 32.0 Å².